The topological polar surface area (TPSA) is 67.4 Å². The highest BCUT2D eigenvalue weighted by atomic mass is 16.5. The second-order valence-electron chi connectivity index (χ2n) is 14.8. The number of fused-ring (bicyclic) bond motifs is 3. The quantitative estimate of drug-likeness (QED) is 0.0950. The monoisotopic (exact) mass is 716 g/mol. The Labute approximate surface area is 320 Å². The van der Waals surface area contributed by atoms with Crippen molar-refractivity contribution in [3.05, 3.63) is 132 Å². The summed E-state index contributed by atoms with van der Waals surface area (Å²) in [5, 5.41) is 6.53. The van der Waals surface area contributed by atoms with Crippen molar-refractivity contribution in [2.45, 2.75) is 118 Å². The summed E-state index contributed by atoms with van der Waals surface area (Å²) in [6.07, 6.45) is 11.2. The van der Waals surface area contributed by atoms with Gasteiger partial charge in [0.25, 0.3) is 0 Å². The Morgan fingerprint density at radius 1 is 0.755 bits per heavy atom. The van der Waals surface area contributed by atoms with Crippen molar-refractivity contribution in [3.63, 3.8) is 0 Å². The average Bonchev–Trinajstić information content (AvgIpc) is 3.45. The van der Waals surface area contributed by atoms with Gasteiger partial charge in [0.15, 0.2) is 0 Å². The van der Waals surface area contributed by atoms with Crippen LogP contribution in [0.1, 0.15) is 117 Å². The van der Waals surface area contributed by atoms with Gasteiger partial charge in [-0.05, 0) is 78.0 Å². The van der Waals surface area contributed by atoms with E-state index in [1.165, 1.54) is 17.5 Å². The lowest BCUT2D eigenvalue weighted by atomic mass is 9.73. The molecule has 0 fully saturated rings. The van der Waals surface area contributed by atoms with Crippen molar-refractivity contribution in [2.75, 3.05) is 6.54 Å². The Hall–Kier alpha value is -4.64. The van der Waals surface area contributed by atoms with Crippen molar-refractivity contribution in [3.8, 4) is 22.6 Å². The lowest BCUT2D eigenvalue weighted by Crippen LogP contribution is -2.46. The molecule has 53 heavy (non-hydrogen) atoms. The maximum Gasteiger partial charge on any atom is 0.235 e. The molecule has 4 aromatic rings. The van der Waals surface area contributed by atoms with Gasteiger partial charge in [-0.15, -0.1) is 0 Å². The second-order valence-corrected chi connectivity index (χ2v) is 14.8. The summed E-state index contributed by atoms with van der Waals surface area (Å²) in [6.45, 7) is 17.4. The Bertz CT molecular complexity index is 1670. The first-order chi connectivity index (χ1) is 25.6. The lowest BCUT2D eigenvalue weighted by molar-refractivity contribution is -0.126. The number of carbonyl (C=O) groups excluding carboxylic acids is 2. The Morgan fingerprint density at radius 2 is 1.32 bits per heavy atom. The molecule has 2 N–H and O–H groups in total. The number of nitrogens with one attached hydrogen (secondary N) is 2. The number of hydrogen-bond acceptors (Lipinski definition) is 3. The zero-order valence-electron chi connectivity index (χ0n) is 33.6. The van der Waals surface area contributed by atoms with Crippen LogP contribution in [0.3, 0.4) is 0 Å². The van der Waals surface area contributed by atoms with Gasteiger partial charge in [0, 0.05) is 18.2 Å². The fourth-order valence-corrected chi connectivity index (χ4v) is 6.62. The van der Waals surface area contributed by atoms with Crippen LogP contribution in [0.15, 0.2) is 115 Å². The molecule has 0 aromatic heterocycles. The Morgan fingerprint density at radius 3 is 1.92 bits per heavy atom. The smallest absolute Gasteiger partial charge is 0.235 e. The minimum atomic E-state index is -0.690. The van der Waals surface area contributed by atoms with Gasteiger partial charge in [-0.2, -0.15) is 0 Å². The number of amides is 2. The molecular weight excluding hydrogens is 653 g/mol. The zero-order valence-corrected chi connectivity index (χ0v) is 33.6. The molecule has 284 valence electrons. The zero-order chi connectivity index (χ0) is 38.7. The van der Waals surface area contributed by atoms with Gasteiger partial charge >= 0.3 is 0 Å². The Kier molecular flexibility index (Phi) is 17.6. The summed E-state index contributed by atoms with van der Waals surface area (Å²) in [5.41, 5.74) is 4.73. The van der Waals surface area contributed by atoms with E-state index >= 15 is 0 Å². The first kappa shape index (κ1) is 42.8. The fraction of sp³-hybridized carbons (Fsp3) is 0.417. The third kappa shape index (κ3) is 12.2. The molecule has 1 aliphatic rings. The number of allylic oxidation sites excluding steroid dienone is 1. The molecule has 1 aliphatic carbocycles. The average molecular weight is 717 g/mol. The molecule has 5 rings (SSSR count). The number of ether oxygens (including phenoxy) is 1. The van der Waals surface area contributed by atoms with Crippen molar-refractivity contribution in [1.29, 1.82) is 0 Å². The van der Waals surface area contributed by atoms with Crippen LogP contribution in [-0.4, -0.2) is 24.4 Å². The molecular formula is C48H64N2O3. The van der Waals surface area contributed by atoms with Crippen molar-refractivity contribution in [2.24, 2.45) is 5.41 Å². The highest BCUT2D eigenvalue weighted by Crippen LogP contribution is 2.51. The van der Waals surface area contributed by atoms with Gasteiger partial charge in [0.1, 0.15) is 16.9 Å². The SMILES string of the molecule is CC.CCC.CCC(CC=CCCCCC1(C(=O)NCC(C)(C)C)c2ccccc2-c2ccccc21)NC(=O)Cc1ccccc1Oc1ccccc1. The van der Waals surface area contributed by atoms with E-state index < -0.39 is 5.41 Å². The summed E-state index contributed by atoms with van der Waals surface area (Å²) in [6, 6.07) is 34.2. The van der Waals surface area contributed by atoms with Crippen molar-refractivity contribution >= 4 is 11.8 Å². The van der Waals surface area contributed by atoms with Crippen LogP contribution in [0, 0.1) is 5.41 Å². The van der Waals surface area contributed by atoms with Crippen LogP contribution in [0.5, 0.6) is 11.5 Å². The molecule has 1 atom stereocenters. The molecule has 0 bridgehead atoms. The first-order valence-electron chi connectivity index (χ1n) is 19.9. The van der Waals surface area contributed by atoms with E-state index in [0.29, 0.717) is 12.3 Å². The molecule has 0 aliphatic heterocycles. The molecule has 2 amide bonds. The molecule has 1 unspecified atom stereocenters. The second kappa shape index (κ2) is 21.8. The van der Waals surface area contributed by atoms with E-state index in [-0.39, 0.29) is 29.7 Å². The van der Waals surface area contributed by atoms with E-state index in [4.69, 9.17) is 4.74 Å². The molecule has 0 saturated heterocycles. The molecule has 4 aromatic carbocycles. The third-order valence-electron chi connectivity index (χ3n) is 9.14. The minimum absolute atomic E-state index is 0.00360. The van der Waals surface area contributed by atoms with Gasteiger partial charge in [0.2, 0.25) is 11.8 Å². The lowest BCUT2D eigenvalue weighted by Gasteiger charge is -2.32. The largest absolute Gasteiger partial charge is 0.457 e. The highest BCUT2D eigenvalue weighted by Gasteiger charge is 2.48. The van der Waals surface area contributed by atoms with Crippen LogP contribution in [-0.2, 0) is 21.4 Å². The van der Waals surface area contributed by atoms with Crippen LogP contribution in [0.4, 0.5) is 0 Å². The maximum absolute atomic E-state index is 14.2. The fourth-order valence-electron chi connectivity index (χ4n) is 6.62. The number of unbranched alkanes of at least 4 members (excludes halogenated alkanes) is 2. The van der Waals surface area contributed by atoms with Gasteiger partial charge in [-0.1, -0.05) is 165 Å². The van der Waals surface area contributed by atoms with E-state index in [0.717, 1.165) is 61.0 Å². The van der Waals surface area contributed by atoms with Gasteiger partial charge in [-0.3, -0.25) is 9.59 Å². The number of hydrogen-bond donors (Lipinski definition) is 2. The van der Waals surface area contributed by atoms with E-state index in [1.807, 2.05) is 68.4 Å². The van der Waals surface area contributed by atoms with Crippen LogP contribution < -0.4 is 15.4 Å². The summed E-state index contributed by atoms with van der Waals surface area (Å²) >= 11 is 0. The summed E-state index contributed by atoms with van der Waals surface area (Å²) in [5.74, 6) is 1.54. The predicted molar refractivity (Wildman–Crippen MR) is 224 cm³/mol. The molecule has 0 heterocycles. The number of para-hydroxylation sites is 2. The van der Waals surface area contributed by atoms with Crippen LogP contribution in [0.2, 0.25) is 0 Å². The Balaban J connectivity index is 0.00000144. The standard InChI is InChI=1S/C43H50N2O3.C3H8.C2H6/c1-5-33(45-40(46)30-32-20-13-18-28-39(32)48-34-22-11-9-12-23-34)21-10-7-6-8-19-29-43(41(47)44-31-42(2,3)4)37-26-16-14-24-35(37)36-25-15-17-27-38(36)43;1-3-2;1-2/h7,9-18,20,22-28,33H,5-6,8,19,21,29-31H2,1-4H3,(H,44,47)(H,45,46);3H2,1-2H3;1-2H3. The summed E-state index contributed by atoms with van der Waals surface area (Å²) < 4.78 is 6.05. The molecule has 5 nitrogen and oxygen atoms in total. The predicted octanol–water partition coefficient (Wildman–Crippen LogP) is 12.0. The molecule has 0 radical (unpaired) electrons. The van der Waals surface area contributed by atoms with Crippen LogP contribution in [0.25, 0.3) is 11.1 Å². The number of benzene rings is 4. The van der Waals surface area contributed by atoms with Gasteiger partial charge in [0.05, 0.1) is 6.42 Å². The molecule has 5 heteroatoms. The van der Waals surface area contributed by atoms with Crippen LogP contribution >= 0.6 is 0 Å². The van der Waals surface area contributed by atoms with E-state index in [2.05, 4.69) is 113 Å². The minimum Gasteiger partial charge on any atom is -0.457 e. The number of rotatable bonds is 15. The van der Waals surface area contributed by atoms with Crippen molar-refractivity contribution in [1.82, 2.24) is 10.6 Å². The third-order valence-corrected chi connectivity index (χ3v) is 9.14. The van der Waals surface area contributed by atoms with E-state index in [9.17, 15) is 9.59 Å². The molecule has 0 spiro atoms. The van der Waals surface area contributed by atoms with Gasteiger partial charge in [-0.25, -0.2) is 0 Å². The van der Waals surface area contributed by atoms with Crippen molar-refractivity contribution < 1.29 is 14.3 Å². The van der Waals surface area contributed by atoms with E-state index in [1.54, 1.807) is 0 Å². The highest BCUT2D eigenvalue weighted by molar-refractivity contribution is 6.00. The number of carbonyl (C=O) groups is 2. The van der Waals surface area contributed by atoms with Gasteiger partial charge < -0.3 is 15.4 Å². The normalized spacial score (nSPS) is 13.0. The molecule has 0 saturated carbocycles. The summed E-state index contributed by atoms with van der Waals surface area (Å²) in [4.78, 5) is 27.2. The first-order valence-corrected chi connectivity index (χ1v) is 19.9. The maximum atomic E-state index is 14.2. The summed E-state index contributed by atoms with van der Waals surface area (Å²) in [7, 11) is 0.